The second-order valence-electron chi connectivity index (χ2n) is 6.85. The number of hydrogen-bond donors (Lipinski definition) is 1. The highest BCUT2D eigenvalue weighted by Crippen LogP contribution is 2.24. The summed E-state index contributed by atoms with van der Waals surface area (Å²) in [5, 5.41) is 3.08. The molecule has 6 heteroatoms. The Labute approximate surface area is 142 Å². The van der Waals surface area contributed by atoms with E-state index in [9.17, 15) is 4.79 Å². The molecule has 3 rings (SSSR count). The van der Waals surface area contributed by atoms with E-state index in [0.29, 0.717) is 11.6 Å². The lowest BCUT2D eigenvalue weighted by molar-refractivity contribution is -0.125. The van der Waals surface area contributed by atoms with E-state index in [1.807, 2.05) is 12.3 Å². The van der Waals surface area contributed by atoms with Gasteiger partial charge in [0, 0.05) is 32.0 Å². The van der Waals surface area contributed by atoms with Crippen LogP contribution in [0.4, 0.5) is 5.69 Å². The van der Waals surface area contributed by atoms with E-state index in [4.69, 9.17) is 0 Å². The fraction of sp³-hybridized carbons (Fsp3) is 0.556. The van der Waals surface area contributed by atoms with E-state index in [1.54, 1.807) is 12.4 Å². The average molecular weight is 327 g/mol. The van der Waals surface area contributed by atoms with E-state index < -0.39 is 0 Å². The number of aromatic nitrogens is 3. The molecular weight excluding hydrogens is 302 g/mol. The maximum absolute atomic E-state index is 12.4. The first-order valence-corrected chi connectivity index (χ1v) is 8.73. The predicted octanol–water partition coefficient (Wildman–Crippen LogP) is 2.40. The van der Waals surface area contributed by atoms with Crippen LogP contribution in [-0.4, -0.2) is 40.5 Å². The van der Waals surface area contributed by atoms with Gasteiger partial charge in [-0.25, -0.2) is 9.97 Å². The number of pyridine rings is 1. The molecule has 0 bridgehead atoms. The van der Waals surface area contributed by atoms with Gasteiger partial charge in [-0.3, -0.25) is 9.78 Å². The highest BCUT2D eigenvalue weighted by molar-refractivity contribution is 5.80. The van der Waals surface area contributed by atoms with E-state index >= 15 is 0 Å². The Kier molecular flexibility index (Phi) is 5.23. The minimum Gasteiger partial charge on any atom is -0.369 e. The standard InChI is InChI=1S/C18H25N5O/c1-13(2)5-6-21-18(24)14-4-3-9-23(12-14)15-10-16-17(22-11-15)20-8-7-19-16/h7-8,10-11,13-14H,3-6,9,12H2,1-2H3,(H,21,24). The zero-order valence-electron chi connectivity index (χ0n) is 14.4. The molecule has 3 heterocycles. The fourth-order valence-corrected chi connectivity index (χ4v) is 3.07. The molecule has 1 aliphatic rings. The van der Waals surface area contributed by atoms with Crippen molar-refractivity contribution in [2.75, 3.05) is 24.5 Å². The Balaban J connectivity index is 1.64. The van der Waals surface area contributed by atoms with Gasteiger partial charge >= 0.3 is 0 Å². The Hall–Kier alpha value is -2.24. The quantitative estimate of drug-likeness (QED) is 0.913. The van der Waals surface area contributed by atoms with Gasteiger partial charge in [-0.2, -0.15) is 0 Å². The number of nitrogens with zero attached hydrogens (tertiary/aromatic N) is 4. The molecule has 1 aliphatic heterocycles. The van der Waals surface area contributed by atoms with Crippen LogP contribution in [0.15, 0.2) is 24.7 Å². The summed E-state index contributed by atoms with van der Waals surface area (Å²) in [6.07, 6.45) is 8.14. The highest BCUT2D eigenvalue weighted by Gasteiger charge is 2.26. The van der Waals surface area contributed by atoms with Gasteiger partial charge in [0.2, 0.25) is 5.91 Å². The van der Waals surface area contributed by atoms with Crippen LogP contribution >= 0.6 is 0 Å². The van der Waals surface area contributed by atoms with E-state index in [0.717, 1.165) is 50.1 Å². The minimum absolute atomic E-state index is 0.0449. The second-order valence-corrected chi connectivity index (χ2v) is 6.85. The minimum atomic E-state index is 0.0449. The summed E-state index contributed by atoms with van der Waals surface area (Å²) in [6.45, 7) is 6.79. The Morgan fingerprint density at radius 2 is 2.17 bits per heavy atom. The van der Waals surface area contributed by atoms with Gasteiger partial charge in [0.05, 0.1) is 17.8 Å². The lowest BCUT2D eigenvalue weighted by Crippen LogP contribution is -2.43. The molecule has 0 spiro atoms. The summed E-state index contributed by atoms with van der Waals surface area (Å²) in [6, 6.07) is 2.01. The fourth-order valence-electron chi connectivity index (χ4n) is 3.07. The first-order chi connectivity index (χ1) is 11.6. The predicted molar refractivity (Wildman–Crippen MR) is 94.7 cm³/mol. The highest BCUT2D eigenvalue weighted by atomic mass is 16.1. The molecule has 24 heavy (non-hydrogen) atoms. The number of amides is 1. The van der Waals surface area contributed by atoms with Crippen molar-refractivity contribution in [3.05, 3.63) is 24.7 Å². The lowest BCUT2D eigenvalue weighted by Gasteiger charge is -2.33. The van der Waals surface area contributed by atoms with Crippen molar-refractivity contribution in [1.29, 1.82) is 0 Å². The number of anilines is 1. The number of carbonyl (C=O) groups is 1. The Bertz CT molecular complexity index is 703. The molecule has 1 N–H and O–H groups in total. The molecule has 2 aromatic rings. The Morgan fingerprint density at radius 1 is 1.33 bits per heavy atom. The summed E-state index contributed by atoms with van der Waals surface area (Å²) >= 11 is 0. The molecule has 1 atom stereocenters. The number of rotatable bonds is 5. The number of carbonyl (C=O) groups excluding carboxylic acids is 1. The number of nitrogens with one attached hydrogen (secondary N) is 1. The maximum Gasteiger partial charge on any atom is 0.224 e. The van der Waals surface area contributed by atoms with Crippen LogP contribution in [0.25, 0.3) is 11.2 Å². The molecule has 0 aromatic carbocycles. The number of fused-ring (bicyclic) bond motifs is 1. The summed E-state index contributed by atoms with van der Waals surface area (Å²) < 4.78 is 0. The summed E-state index contributed by atoms with van der Waals surface area (Å²) in [7, 11) is 0. The summed E-state index contributed by atoms with van der Waals surface area (Å²) in [5.74, 6) is 0.829. The van der Waals surface area contributed by atoms with Gasteiger partial charge in [-0.05, 0) is 31.2 Å². The third-order valence-corrected chi connectivity index (χ3v) is 4.49. The van der Waals surface area contributed by atoms with Crippen LogP contribution < -0.4 is 10.2 Å². The van der Waals surface area contributed by atoms with Crippen LogP contribution in [0.5, 0.6) is 0 Å². The molecule has 1 fully saturated rings. The molecule has 0 saturated carbocycles. The van der Waals surface area contributed by atoms with Crippen LogP contribution in [0.3, 0.4) is 0 Å². The van der Waals surface area contributed by atoms with Crippen molar-refractivity contribution in [3.63, 3.8) is 0 Å². The third kappa shape index (κ3) is 3.99. The first kappa shape index (κ1) is 16.6. The van der Waals surface area contributed by atoms with Crippen molar-refractivity contribution in [2.45, 2.75) is 33.1 Å². The van der Waals surface area contributed by atoms with Crippen molar-refractivity contribution < 1.29 is 4.79 Å². The van der Waals surface area contributed by atoms with Gasteiger partial charge in [0.25, 0.3) is 0 Å². The third-order valence-electron chi connectivity index (χ3n) is 4.49. The largest absolute Gasteiger partial charge is 0.369 e. The van der Waals surface area contributed by atoms with Crippen LogP contribution in [0.1, 0.15) is 33.1 Å². The summed E-state index contributed by atoms with van der Waals surface area (Å²) in [4.78, 5) is 27.5. The van der Waals surface area contributed by atoms with E-state index in [-0.39, 0.29) is 11.8 Å². The SMILES string of the molecule is CC(C)CCNC(=O)C1CCCN(c2cnc3nccnc3c2)C1. The smallest absolute Gasteiger partial charge is 0.224 e. The molecule has 1 saturated heterocycles. The van der Waals surface area contributed by atoms with Crippen LogP contribution in [0.2, 0.25) is 0 Å². The molecule has 1 amide bonds. The molecule has 0 aliphatic carbocycles. The van der Waals surface area contributed by atoms with Crippen molar-refractivity contribution in [3.8, 4) is 0 Å². The van der Waals surface area contributed by atoms with Gasteiger partial charge in [-0.1, -0.05) is 13.8 Å². The summed E-state index contributed by atoms with van der Waals surface area (Å²) in [5.41, 5.74) is 2.46. The second kappa shape index (κ2) is 7.55. The molecular formula is C18H25N5O. The Morgan fingerprint density at radius 3 is 3.00 bits per heavy atom. The zero-order valence-corrected chi connectivity index (χ0v) is 14.4. The van der Waals surface area contributed by atoms with Gasteiger partial charge in [-0.15, -0.1) is 0 Å². The number of hydrogen-bond acceptors (Lipinski definition) is 5. The average Bonchev–Trinajstić information content (AvgIpc) is 2.61. The molecule has 128 valence electrons. The van der Waals surface area contributed by atoms with Crippen molar-refractivity contribution in [1.82, 2.24) is 20.3 Å². The van der Waals surface area contributed by atoms with Crippen LogP contribution in [0, 0.1) is 11.8 Å². The topological polar surface area (TPSA) is 71.0 Å². The first-order valence-electron chi connectivity index (χ1n) is 8.73. The zero-order chi connectivity index (χ0) is 16.9. The molecule has 1 unspecified atom stereocenters. The van der Waals surface area contributed by atoms with Crippen molar-refractivity contribution >= 4 is 22.8 Å². The monoisotopic (exact) mass is 327 g/mol. The molecule has 2 aromatic heterocycles. The van der Waals surface area contributed by atoms with E-state index in [2.05, 4.69) is 39.0 Å². The van der Waals surface area contributed by atoms with Gasteiger partial charge in [0.1, 0.15) is 5.52 Å². The molecule has 0 radical (unpaired) electrons. The van der Waals surface area contributed by atoms with Gasteiger partial charge < -0.3 is 10.2 Å². The van der Waals surface area contributed by atoms with E-state index in [1.165, 1.54) is 0 Å². The maximum atomic E-state index is 12.4. The van der Waals surface area contributed by atoms with Gasteiger partial charge in [0.15, 0.2) is 5.65 Å². The molecule has 6 nitrogen and oxygen atoms in total. The van der Waals surface area contributed by atoms with Crippen molar-refractivity contribution in [2.24, 2.45) is 11.8 Å². The lowest BCUT2D eigenvalue weighted by atomic mass is 9.96. The number of piperidine rings is 1. The van der Waals surface area contributed by atoms with Crippen LogP contribution in [-0.2, 0) is 4.79 Å². The normalized spacial score (nSPS) is 18.1.